The smallest absolute Gasteiger partial charge is 0.212 e. The van der Waals surface area contributed by atoms with Gasteiger partial charge in [0.05, 0.1) is 18.4 Å². The Labute approximate surface area is 134 Å². The summed E-state index contributed by atoms with van der Waals surface area (Å²) in [5, 5.41) is 2.62. The summed E-state index contributed by atoms with van der Waals surface area (Å²) in [6, 6.07) is 5.61. The van der Waals surface area contributed by atoms with Crippen LogP contribution in [-0.4, -0.2) is 25.8 Å². The molecular formula is C15H18N2O3S2. The molecule has 1 aromatic heterocycles. The molecule has 0 saturated heterocycles. The quantitative estimate of drug-likeness (QED) is 0.877. The SMILES string of the molecule is C[C@@H](NS(=O)(=O)CCc1ccc2c(c1)CCO2)c1nccs1. The molecule has 0 fully saturated rings. The fourth-order valence-corrected chi connectivity index (χ4v) is 4.47. The molecule has 0 saturated carbocycles. The van der Waals surface area contributed by atoms with Gasteiger partial charge in [0.15, 0.2) is 0 Å². The monoisotopic (exact) mass is 338 g/mol. The van der Waals surface area contributed by atoms with Gasteiger partial charge >= 0.3 is 0 Å². The van der Waals surface area contributed by atoms with E-state index in [0.717, 1.165) is 22.7 Å². The molecule has 1 N–H and O–H groups in total. The third-order valence-corrected chi connectivity index (χ3v) is 6.00. The van der Waals surface area contributed by atoms with Crippen LogP contribution < -0.4 is 9.46 Å². The Balaban J connectivity index is 1.60. The predicted molar refractivity (Wildman–Crippen MR) is 86.8 cm³/mol. The maximum absolute atomic E-state index is 12.2. The minimum Gasteiger partial charge on any atom is -0.493 e. The van der Waals surface area contributed by atoms with Crippen molar-refractivity contribution in [1.29, 1.82) is 0 Å². The van der Waals surface area contributed by atoms with Gasteiger partial charge in [0, 0.05) is 18.0 Å². The van der Waals surface area contributed by atoms with Crippen LogP contribution in [0.1, 0.15) is 29.1 Å². The molecule has 3 rings (SSSR count). The molecule has 1 aliphatic rings. The van der Waals surface area contributed by atoms with Crippen molar-refractivity contribution in [3.05, 3.63) is 45.9 Å². The predicted octanol–water partition coefficient (Wildman–Crippen LogP) is 2.30. The summed E-state index contributed by atoms with van der Waals surface area (Å²) in [5.74, 6) is 0.990. The van der Waals surface area contributed by atoms with E-state index in [1.54, 1.807) is 6.20 Å². The summed E-state index contributed by atoms with van der Waals surface area (Å²) < 4.78 is 32.5. The van der Waals surface area contributed by atoms with Crippen molar-refractivity contribution in [3.8, 4) is 5.75 Å². The van der Waals surface area contributed by atoms with Gasteiger partial charge in [-0.15, -0.1) is 11.3 Å². The van der Waals surface area contributed by atoms with Crippen LogP contribution in [-0.2, 0) is 22.9 Å². The maximum atomic E-state index is 12.2. The van der Waals surface area contributed by atoms with Crippen LogP contribution in [0.5, 0.6) is 5.75 Å². The summed E-state index contributed by atoms with van der Waals surface area (Å²) >= 11 is 1.45. The number of ether oxygens (including phenoxy) is 1. The fourth-order valence-electron chi connectivity index (χ4n) is 2.47. The van der Waals surface area contributed by atoms with E-state index in [1.165, 1.54) is 16.9 Å². The van der Waals surface area contributed by atoms with E-state index in [9.17, 15) is 8.42 Å². The van der Waals surface area contributed by atoms with Crippen molar-refractivity contribution in [1.82, 2.24) is 9.71 Å². The minimum atomic E-state index is -3.33. The molecule has 2 aromatic rings. The van der Waals surface area contributed by atoms with Gasteiger partial charge in [-0.3, -0.25) is 0 Å². The lowest BCUT2D eigenvalue weighted by Crippen LogP contribution is -2.29. The van der Waals surface area contributed by atoms with Crippen molar-refractivity contribution < 1.29 is 13.2 Å². The Kier molecular flexibility index (Phi) is 4.46. The van der Waals surface area contributed by atoms with E-state index in [-0.39, 0.29) is 11.8 Å². The zero-order valence-electron chi connectivity index (χ0n) is 12.3. The zero-order chi connectivity index (χ0) is 15.6. The van der Waals surface area contributed by atoms with Gasteiger partial charge in [0.1, 0.15) is 10.8 Å². The van der Waals surface area contributed by atoms with Gasteiger partial charge < -0.3 is 4.74 Å². The molecule has 118 valence electrons. The second-order valence-corrected chi connectivity index (χ2v) is 8.12. The average Bonchev–Trinajstić information content (AvgIpc) is 3.15. The molecule has 1 aliphatic heterocycles. The number of aromatic nitrogens is 1. The standard InChI is InChI=1S/C15H18N2O3S2/c1-11(15-16-6-8-21-15)17-22(18,19)9-5-12-2-3-14-13(10-12)4-7-20-14/h2-3,6,8,10-11,17H,4-5,7,9H2,1H3/t11-/m1/s1. The highest BCUT2D eigenvalue weighted by atomic mass is 32.2. The van der Waals surface area contributed by atoms with Crippen LogP contribution in [0.15, 0.2) is 29.8 Å². The van der Waals surface area contributed by atoms with Crippen molar-refractivity contribution in [2.24, 2.45) is 0 Å². The molecule has 22 heavy (non-hydrogen) atoms. The summed E-state index contributed by atoms with van der Waals surface area (Å²) in [5.41, 5.74) is 2.19. The second kappa shape index (κ2) is 6.36. The van der Waals surface area contributed by atoms with Gasteiger partial charge in [-0.05, 0) is 30.5 Å². The molecule has 1 atom stereocenters. The lowest BCUT2D eigenvalue weighted by atomic mass is 10.1. The van der Waals surface area contributed by atoms with Crippen molar-refractivity contribution in [2.45, 2.75) is 25.8 Å². The number of rotatable bonds is 6. The Bertz CT molecular complexity index is 742. The lowest BCUT2D eigenvalue weighted by Gasteiger charge is -2.12. The molecule has 0 aliphatic carbocycles. The largest absolute Gasteiger partial charge is 0.493 e. The number of benzene rings is 1. The van der Waals surface area contributed by atoms with Crippen molar-refractivity contribution >= 4 is 21.4 Å². The first-order chi connectivity index (χ1) is 10.5. The topological polar surface area (TPSA) is 68.3 Å². The van der Waals surface area contributed by atoms with E-state index in [0.29, 0.717) is 13.0 Å². The molecule has 1 aromatic carbocycles. The van der Waals surface area contributed by atoms with Crippen LogP contribution in [0.4, 0.5) is 0 Å². The second-order valence-electron chi connectivity index (χ2n) is 5.32. The molecule has 0 spiro atoms. The molecule has 0 radical (unpaired) electrons. The molecule has 7 heteroatoms. The Morgan fingerprint density at radius 3 is 3.09 bits per heavy atom. The van der Waals surface area contributed by atoms with Crippen molar-refractivity contribution in [3.63, 3.8) is 0 Å². The van der Waals surface area contributed by atoms with E-state index in [2.05, 4.69) is 9.71 Å². The highest BCUT2D eigenvalue weighted by Crippen LogP contribution is 2.26. The number of hydrogen-bond donors (Lipinski definition) is 1. The number of aryl methyl sites for hydroxylation is 1. The molecule has 0 amide bonds. The number of hydrogen-bond acceptors (Lipinski definition) is 5. The lowest BCUT2D eigenvalue weighted by molar-refractivity contribution is 0.357. The first kappa shape index (κ1) is 15.5. The average molecular weight is 338 g/mol. The summed E-state index contributed by atoms with van der Waals surface area (Å²) in [7, 11) is -3.33. The van der Waals surface area contributed by atoms with Crippen LogP contribution >= 0.6 is 11.3 Å². The van der Waals surface area contributed by atoms with E-state index >= 15 is 0 Å². The van der Waals surface area contributed by atoms with Crippen molar-refractivity contribution in [2.75, 3.05) is 12.4 Å². The summed E-state index contributed by atoms with van der Waals surface area (Å²) in [4.78, 5) is 4.14. The Morgan fingerprint density at radius 1 is 1.45 bits per heavy atom. The van der Waals surface area contributed by atoms with Gasteiger partial charge in [0.25, 0.3) is 0 Å². The van der Waals surface area contributed by atoms with Crippen LogP contribution in [0.3, 0.4) is 0 Å². The molecule has 0 bridgehead atoms. The third kappa shape index (κ3) is 3.66. The summed E-state index contributed by atoms with van der Waals surface area (Å²) in [6.45, 7) is 2.52. The van der Waals surface area contributed by atoms with Gasteiger partial charge in [-0.2, -0.15) is 0 Å². The van der Waals surface area contributed by atoms with Crippen LogP contribution in [0, 0.1) is 0 Å². The van der Waals surface area contributed by atoms with Gasteiger partial charge in [-0.1, -0.05) is 12.1 Å². The van der Waals surface area contributed by atoms with Gasteiger partial charge in [0.2, 0.25) is 10.0 Å². The number of thiazole rings is 1. The molecule has 0 unspecified atom stereocenters. The zero-order valence-corrected chi connectivity index (χ0v) is 13.9. The number of nitrogens with one attached hydrogen (secondary N) is 1. The maximum Gasteiger partial charge on any atom is 0.212 e. The Morgan fingerprint density at radius 2 is 2.32 bits per heavy atom. The molecule has 5 nitrogen and oxygen atoms in total. The van der Waals surface area contributed by atoms with Gasteiger partial charge in [-0.25, -0.2) is 18.1 Å². The number of nitrogens with zero attached hydrogens (tertiary/aromatic N) is 1. The van der Waals surface area contributed by atoms with E-state index in [4.69, 9.17) is 4.74 Å². The van der Waals surface area contributed by atoms with Crippen LogP contribution in [0.25, 0.3) is 0 Å². The highest BCUT2D eigenvalue weighted by Gasteiger charge is 2.18. The minimum absolute atomic E-state index is 0.0718. The van der Waals surface area contributed by atoms with Crippen LogP contribution in [0.2, 0.25) is 0 Å². The number of sulfonamides is 1. The van der Waals surface area contributed by atoms with E-state index < -0.39 is 10.0 Å². The fraction of sp³-hybridized carbons (Fsp3) is 0.400. The summed E-state index contributed by atoms with van der Waals surface area (Å²) in [6.07, 6.45) is 3.07. The highest BCUT2D eigenvalue weighted by molar-refractivity contribution is 7.89. The third-order valence-electron chi connectivity index (χ3n) is 3.59. The number of fused-ring (bicyclic) bond motifs is 1. The Hall–Kier alpha value is -1.44. The van der Waals surface area contributed by atoms with E-state index in [1.807, 2.05) is 30.5 Å². The molecular weight excluding hydrogens is 320 g/mol. The first-order valence-corrected chi connectivity index (χ1v) is 9.71. The normalized spacial score (nSPS) is 15.3. The molecule has 2 heterocycles. The first-order valence-electron chi connectivity index (χ1n) is 7.17.